The molecule has 2 heterocycles. The Morgan fingerprint density at radius 1 is 0.667 bits per heavy atom. The summed E-state index contributed by atoms with van der Waals surface area (Å²) in [6.07, 6.45) is -1.60. The summed E-state index contributed by atoms with van der Waals surface area (Å²) in [5.74, 6) is 0. The molecule has 0 aliphatic carbocycles. The van der Waals surface area contributed by atoms with E-state index in [4.69, 9.17) is 0 Å². The molecule has 0 aromatic heterocycles. The highest BCUT2D eigenvalue weighted by Crippen LogP contribution is 2.31. The Morgan fingerprint density at radius 3 is 1.90 bits per heavy atom. The second-order valence-electron chi connectivity index (χ2n) is 8.44. The predicted octanol–water partition coefficient (Wildman–Crippen LogP) is 4.59. The van der Waals surface area contributed by atoms with Crippen molar-refractivity contribution in [1.29, 1.82) is 0 Å². The summed E-state index contributed by atoms with van der Waals surface area (Å²) < 4.78 is 38.4. The van der Waals surface area contributed by atoms with Crippen LogP contribution in [0.5, 0.6) is 0 Å². The van der Waals surface area contributed by atoms with Crippen LogP contribution in [0.2, 0.25) is 0 Å². The molecular weight excluding hydrogens is 387 g/mol. The molecule has 0 radical (unpaired) electrons. The monoisotopic (exact) mass is 417 g/mol. The minimum Gasteiger partial charge on any atom is -0.302 e. The van der Waals surface area contributed by atoms with Crippen molar-refractivity contribution < 1.29 is 13.2 Å². The molecule has 6 heteroatoms. The van der Waals surface area contributed by atoms with Crippen LogP contribution in [0.1, 0.15) is 24.0 Å². The second kappa shape index (κ2) is 9.50. The summed E-state index contributed by atoms with van der Waals surface area (Å²) in [6, 6.07) is 13.6. The van der Waals surface area contributed by atoms with Crippen LogP contribution >= 0.6 is 0 Å². The van der Waals surface area contributed by atoms with Gasteiger partial charge in [-0.1, -0.05) is 30.3 Å². The van der Waals surface area contributed by atoms with E-state index in [1.165, 1.54) is 38.0 Å². The van der Waals surface area contributed by atoms with Crippen molar-refractivity contribution in [3.63, 3.8) is 0 Å². The fourth-order valence-corrected chi connectivity index (χ4v) is 4.42. The second-order valence-corrected chi connectivity index (χ2v) is 8.44. The van der Waals surface area contributed by atoms with Gasteiger partial charge in [-0.15, -0.1) is 0 Å². The van der Waals surface area contributed by atoms with Crippen LogP contribution in [0.15, 0.2) is 48.5 Å². The molecule has 30 heavy (non-hydrogen) atoms. The molecule has 4 rings (SSSR count). The van der Waals surface area contributed by atoms with Crippen LogP contribution in [0.25, 0.3) is 11.1 Å². The van der Waals surface area contributed by atoms with E-state index in [2.05, 4.69) is 26.8 Å². The van der Waals surface area contributed by atoms with Gasteiger partial charge in [-0.05, 0) is 60.8 Å². The van der Waals surface area contributed by atoms with Crippen LogP contribution in [0.3, 0.4) is 0 Å². The molecule has 3 nitrogen and oxygen atoms in total. The molecule has 2 aliphatic heterocycles. The third-order valence-electron chi connectivity index (χ3n) is 6.27. The number of halogens is 3. The molecule has 0 saturated carbocycles. The maximum Gasteiger partial charge on any atom is 0.416 e. The molecule has 162 valence electrons. The molecule has 2 aromatic carbocycles. The Bertz CT molecular complexity index is 805. The van der Waals surface area contributed by atoms with Gasteiger partial charge in [0.25, 0.3) is 0 Å². The quantitative estimate of drug-likeness (QED) is 0.681. The van der Waals surface area contributed by atoms with Gasteiger partial charge in [-0.3, -0.25) is 9.80 Å². The van der Waals surface area contributed by atoms with Gasteiger partial charge >= 0.3 is 6.18 Å². The van der Waals surface area contributed by atoms with Crippen LogP contribution in [-0.2, 0) is 12.7 Å². The first-order valence-corrected chi connectivity index (χ1v) is 10.9. The van der Waals surface area contributed by atoms with E-state index in [-0.39, 0.29) is 0 Å². The van der Waals surface area contributed by atoms with Crippen LogP contribution in [-0.4, -0.2) is 67.1 Å². The highest BCUT2D eigenvalue weighted by atomic mass is 19.4. The normalized spacial score (nSPS) is 19.4. The van der Waals surface area contributed by atoms with Crippen molar-refractivity contribution in [1.82, 2.24) is 14.7 Å². The van der Waals surface area contributed by atoms with E-state index in [1.54, 1.807) is 12.1 Å². The standard InChI is InChI=1S/C24H30F3N3/c25-24(26,27)23-8-6-21(7-9-23)22-5-3-4-20(18-22)19-30-16-14-29(15-17-30)13-12-28-10-1-2-11-28/h3-9,18H,1-2,10-17,19H2. The molecule has 0 unspecified atom stereocenters. The van der Waals surface area contributed by atoms with E-state index >= 15 is 0 Å². The van der Waals surface area contributed by atoms with Gasteiger partial charge in [-0.25, -0.2) is 0 Å². The number of alkyl halides is 3. The third-order valence-corrected chi connectivity index (χ3v) is 6.27. The summed E-state index contributed by atoms with van der Waals surface area (Å²) in [6.45, 7) is 10.1. The van der Waals surface area contributed by atoms with Crippen LogP contribution < -0.4 is 0 Å². The molecule has 0 atom stereocenters. The maximum absolute atomic E-state index is 12.8. The zero-order valence-corrected chi connectivity index (χ0v) is 17.4. The van der Waals surface area contributed by atoms with Crippen molar-refractivity contribution >= 4 is 0 Å². The fourth-order valence-electron chi connectivity index (χ4n) is 4.42. The van der Waals surface area contributed by atoms with Gasteiger partial charge in [0, 0.05) is 45.8 Å². The van der Waals surface area contributed by atoms with E-state index in [0.717, 1.165) is 62.5 Å². The third kappa shape index (κ3) is 5.62. The molecule has 0 bridgehead atoms. The average Bonchev–Trinajstić information content (AvgIpc) is 3.27. The number of hydrogen-bond acceptors (Lipinski definition) is 3. The first-order valence-electron chi connectivity index (χ1n) is 10.9. The fraction of sp³-hybridized carbons (Fsp3) is 0.500. The molecule has 0 spiro atoms. The van der Waals surface area contributed by atoms with Gasteiger partial charge in [0.05, 0.1) is 5.56 Å². The summed E-state index contributed by atoms with van der Waals surface area (Å²) in [7, 11) is 0. The highest BCUT2D eigenvalue weighted by molar-refractivity contribution is 5.64. The minimum atomic E-state index is -4.29. The zero-order valence-electron chi connectivity index (χ0n) is 17.4. The first kappa shape index (κ1) is 21.3. The number of nitrogens with zero attached hydrogens (tertiary/aromatic N) is 3. The van der Waals surface area contributed by atoms with Crippen LogP contribution in [0.4, 0.5) is 13.2 Å². The van der Waals surface area contributed by atoms with Gasteiger partial charge in [0.2, 0.25) is 0 Å². The van der Waals surface area contributed by atoms with Gasteiger partial charge in [0.15, 0.2) is 0 Å². The van der Waals surface area contributed by atoms with Gasteiger partial charge in [0.1, 0.15) is 0 Å². The predicted molar refractivity (Wildman–Crippen MR) is 114 cm³/mol. The lowest BCUT2D eigenvalue weighted by molar-refractivity contribution is -0.137. The molecule has 0 amide bonds. The smallest absolute Gasteiger partial charge is 0.302 e. The zero-order chi connectivity index (χ0) is 21.0. The van der Waals surface area contributed by atoms with Gasteiger partial charge < -0.3 is 4.90 Å². The molecule has 2 aromatic rings. The molecule has 2 saturated heterocycles. The maximum atomic E-state index is 12.8. The topological polar surface area (TPSA) is 9.72 Å². The highest BCUT2D eigenvalue weighted by Gasteiger charge is 2.30. The lowest BCUT2D eigenvalue weighted by Crippen LogP contribution is -2.47. The summed E-state index contributed by atoms with van der Waals surface area (Å²) in [4.78, 5) is 7.60. The van der Waals surface area contributed by atoms with Crippen molar-refractivity contribution in [2.24, 2.45) is 0 Å². The Labute approximate surface area is 177 Å². The number of benzene rings is 2. The van der Waals surface area contributed by atoms with E-state index in [9.17, 15) is 13.2 Å². The minimum absolute atomic E-state index is 0.606. The number of hydrogen-bond donors (Lipinski definition) is 0. The lowest BCUT2D eigenvalue weighted by atomic mass is 10.0. The summed E-state index contributed by atoms with van der Waals surface area (Å²) in [5, 5.41) is 0. The van der Waals surface area contributed by atoms with E-state index < -0.39 is 11.7 Å². The molecule has 2 aliphatic rings. The number of piperazine rings is 1. The van der Waals surface area contributed by atoms with Crippen molar-refractivity contribution in [3.8, 4) is 11.1 Å². The van der Waals surface area contributed by atoms with Crippen molar-refractivity contribution in [2.75, 3.05) is 52.4 Å². The lowest BCUT2D eigenvalue weighted by Gasteiger charge is -2.35. The Hall–Kier alpha value is -1.89. The van der Waals surface area contributed by atoms with E-state index in [1.807, 2.05) is 12.1 Å². The molecule has 0 N–H and O–H groups in total. The van der Waals surface area contributed by atoms with Gasteiger partial charge in [-0.2, -0.15) is 13.2 Å². The molecule has 2 fully saturated rings. The Morgan fingerprint density at radius 2 is 1.27 bits per heavy atom. The summed E-state index contributed by atoms with van der Waals surface area (Å²) in [5.41, 5.74) is 2.38. The Kier molecular flexibility index (Phi) is 6.76. The first-order chi connectivity index (χ1) is 14.5. The Balaban J connectivity index is 1.29. The van der Waals surface area contributed by atoms with Crippen LogP contribution in [0, 0.1) is 0 Å². The number of likely N-dealkylation sites (tertiary alicyclic amines) is 1. The van der Waals surface area contributed by atoms with Crippen molar-refractivity contribution in [2.45, 2.75) is 25.6 Å². The largest absolute Gasteiger partial charge is 0.416 e. The molecular formula is C24H30F3N3. The summed E-state index contributed by atoms with van der Waals surface area (Å²) >= 11 is 0. The average molecular weight is 418 g/mol. The van der Waals surface area contributed by atoms with Crippen molar-refractivity contribution in [3.05, 3.63) is 59.7 Å². The van der Waals surface area contributed by atoms with E-state index in [0.29, 0.717) is 0 Å². The number of rotatable bonds is 6. The SMILES string of the molecule is FC(F)(F)c1ccc(-c2cccc(CN3CCN(CCN4CCCC4)CC3)c2)cc1.